The van der Waals surface area contributed by atoms with Crippen LogP contribution < -0.4 is 0 Å². The number of aromatic nitrogens is 2. The predicted molar refractivity (Wildman–Crippen MR) is 79.5 cm³/mol. The largest absolute Gasteiger partial charge is 0.393 e. The molecule has 0 bridgehead atoms. The lowest BCUT2D eigenvalue weighted by atomic mass is 10.1. The number of aliphatic hydroxyl groups excluding tert-OH is 2. The molecule has 2 N–H and O–H groups in total. The van der Waals surface area contributed by atoms with E-state index in [2.05, 4.69) is 16.1 Å². The molecule has 6 nitrogen and oxygen atoms in total. The molecule has 1 aliphatic heterocycles. The quantitative estimate of drug-likeness (QED) is 0.872. The molecule has 0 saturated carbocycles. The first-order valence-electron chi connectivity index (χ1n) is 7.26. The maximum absolute atomic E-state index is 9.66. The van der Waals surface area contributed by atoms with Crippen molar-refractivity contribution in [2.45, 2.75) is 25.7 Å². The molecule has 0 radical (unpaired) electrons. The molecule has 3 rings (SSSR count). The third-order valence-corrected chi connectivity index (χ3v) is 3.90. The van der Waals surface area contributed by atoms with Gasteiger partial charge in [0.15, 0.2) is 0 Å². The predicted octanol–water partition coefficient (Wildman–Crippen LogP) is 0.796. The van der Waals surface area contributed by atoms with Crippen LogP contribution in [-0.2, 0) is 19.6 Å². The summed E-state index contributed by atoms with van der Waals surface area (Å²) in [7, 11) is 0. The monoisotopic (exact) mass is 298 g/mol. The molecule has 22 heavy (non-hydrogen) atoms. The van der Waals surface area contributed by atoms with Gasteiger partial charge in [-0.15, -0.1) is 0 Å². The van der Waals surface area contributed by atoms with Gasteiger partial charge in [0.2, 0.25) is 0 Å². The van der Waals surface area contributed by atoms with Gasteiger partial charge in [0.05, 0.1) is 36.2 Å². The van der Waals surface area contributed by atoms with Crippen molar-refractivity contribution in [1.29, 1.82) is 5.26 Å². The first kappa shape index (κ1) is 14.7. The summed E-state index contributed by atoms with van der Waals surface area (Å²) in [5.74, 6) is 0. The molecular formula is C16H18N4O2. The van der Waals surface area contributed by atoms with Gasteiger partial charge in [-0.3, -0.25) is 9.58 Å². The zero-order chi connectivity index (χ0) is 15.5. The van der Waals surface area contributed by atoms with Gasteiger partial charge >= 0.3 is 0 Å². The topological polar surface area (TPSA) is 85.3 Å². The van der Waals surface area contributed by atoms with Crippen LogP contribution in [0, 0.1) is 11.3 Å². The number of hydrogen-bond donors (Lipinski definition) is 2. The maximum Gasteiger partial charge on any atom is 0.121 e. The highest BCUT2D eigenvalue weighted by atomic mass is 16.3. The number of benzene rings is 1. The Morgan fingerprint density at radius 3 is 2.73 bits per heavy atom. The summed E-state index contributed by atoms with van der Waals surface area (Å²) in [4.78, 5) is 2.30. The first-order chi connectivity index (χ1) is 10.7. The molecule has 2 heterocycles. The molecule has 6 heteroatoms. The molecule has 2 aromatic rings. The van der Waals surface area contributed by atoms with E-state index in [1.807, 2.05) is 35.0 Å². The molecule has 1 atom stereocenters. The van der Waals surface area contributed by atoms with Gasteiger partial charge in [0, 0.05) is 19.6 Å². The van der Waals surface area contributed by atoms with E-state index in [9.17, 15) is 5.11 Å². The van der Waals surface area contributed by atoms with Crippen molar-refractivity contribution in [1.82, 2.24) is 14.7 Å². The Balaban J connectivity index is 1.68. The van der Waals surface area contributed by atoms with Gasteiger partial charge < -0.3 is 10.2 Å². The maximum atomic E-state index is 9.66. The zero-order valence-corrected chi connectivity index (χ0v) is 12.2. The summed E-state index contributed by atoms with van der Waals surface area (Å²) in [6, 6.07) is 11.6. The Hall–Kier alpha value is -2.20. The Kier molecular flexibility index (Phi) is 4.20. The Morgan fingerprint density at radius 1 is 1.27 bits per heavy atom. The Labute approximate surface area is 128 Å². The Morgan fingerprint density at radius 2 is 2.05 bits per heavy atom. The molecule has 0 aliphatic carbocycles. The van der Waals surface area contributed by atoms with Crippen molar-refractivity contribution in [2.75, 3.05) is 13.2 Å². The van der Waals surface area contributed by atoms with E-state index < -0.39 is 6.10 Å². The van der Waals surface area contributed by atoms with Crippen molar-refractivity contribution >= 4 is 0 Å². The molecule has 1 aromatic carbocycles. The minimum Gasteiger partial charge on any atom is -0.393 e. The van der Waals surface area contributed by atoms with Gasteiger partial charge in [-0.05, 0) is 23.8 Å². The van der Waals surface area contributed by atoms with Crippen molar-refractivity contribution in [3.05, 3.63) is 52.8 Å². The number of aliphatic hydroxyl groups is 2. The highest BCUT2D eigenvalue weighted by Crippen LogP contribution is 2.19. The summed E-state index contributed by atoms with van der Waals surface area (Å²) in [5, 5.41) is 31.8. The highest BCUT2D eigenvalue weighted by molar-refractivity contribution is 5.31. The molecule has 0 spiro atoms. The number of fused-ring (bicyclic) bond motifs is 1. The molecule has 114 valence electrons. The van der Waals surface area contributed by atoms with Crippen LogP contribution in [0.25, 0.3) is 0 Å². The van der Waals surface area contributed by atoms with Crippen molar-refractivity contribution in [3.63, 3.8) is 0 Å². The average molecular weight is 298 g/mol. The molecule has 0 unspecified atom stereocenters. The van der Waals surface area contributed by atoms with E-state index in [4.69, 9.17) is 10.4 Å². The summed E-state index contributed by atoms with van der Waals surface area (Å²) in [6.07, 6.45) is -0.912. The summed E-state index contributed by atoms with van der Waals surface area (Å²) >= 11 is 0. The third-order valence-electron chi connectivity index (χ3n) is 3.90. The van der Waals surface area contributed by atoms with Gasteiger partial charge in [-0.1, -0.05) is 12.1 Å². The van der Waals surface area contributed by atoms with Crippen molar-refractivity contribution in [3.8, 4) is 6.07 Å². The number of nitrogens with zero attached hydrogens (tertiary/aromatic N) is 4. The van der Waals surface area contributed by atoms with Crippen LogP contribution in [0.4, 0.5) is 0 Å². The van der Waals surface area contributed by atoms with Crippen LogP contribution in [0.5, 0.6) is 0 Å². The van der Waals surface area contributed by atoms with Crippen molar-refractivity contribution in [2.24, 2.45) is 0 Å². The van der Waals surface area contributed by atoms with E-state index in [0.717, 1.165) is 31.9 Å². The smallest absolute Gasteiger partial charge is 0.121 e. The minimum atomic E-state index is -0.912. The lowest BCUT2D eigenvalue weighted by Crippen LogP contribution is -2.33. The van der Waals surface area contributed by atoms with Gasteiger partial charge in [0.1, 0.15) is 6.10 Å². The van der Waals surface area contributed by atoms with E-state index in [0.29, 0.717) is 11.3 Å². The summed E-state index contributed by atoms with van der Waals surface area (Å²) < 4.78 is 1.89. The van der Waals surface area contributed by atoms with Crippen LogP contribution in [0.2, 0.25) is 0 Å². The minimum absolute atomic E-state index is 0.314. The van der Waals surface area contributed by atoms with Gasteiger partial charge in [-0.25, -0.2) is 0 Å². The zero-order valence-electron chi connectivity index (χ0n) is 12.2. The van der Waals surface area contributed by atoms with Crippen LogP contribution in [0.1, 0.15) is 28.6 Å². The second kappa shape index (κ2) is 6.28. The third kappa shape index (κ3) is 3.02. The normalized spacial score (nSPS) is 16.0. The molecule has 0 saturated heterocycles. The molecule has 1 aromatic heterocycles. The SMILES string of the molecule is N#Cc1ccc(CN2CCn3nc([C@H](O)CO)cc3C2)cc1. The highest BCUT2D eigenvalue weighted by Gasteiger charge is 2.20. The van der Waals surface area contributed by atoms with E-state index in [-0.39, 0.29) is 6.61 Å². The molecule has 0 amide bonds. The van der Waals surface area contributed by atoms with E-state index in [1.165, 1.54) is 5.56 Å². The fraction of sp³-hybridized carbons (Fsp3) is 0.375. The lowest BCUT2D eigenvalue weighted by molar-refractivity contribution is 0.0915. The number of hydrogen-bond acceptors (Lipinski definition) is 5. The second-order valence-electron chi connectivity index (χ2n) is 5.50. The van der Waals surface area contributed by atoms with Crippen molar-refractivity contribution < 1.29 is 10.2 Å². The van der Waals surface area contributed by atoms with Crippen LogP contribution in [-0.4, -0.2) is 38.0 Å². The fourth-order valence-corrected chi connectivity index (χ4v) is 2.68. The van der Waals surface area contributed by atoms with E-state index in [1.54, 1.807) is 0 Å². The molecular weight excluding hydrogens is 280 g/mol. The number of rotatable bonds is 4. The van der Waals surface area contributed by atoms with Crippen LogP contribution >= 0.6 is 0 Å². The summed E-state index contributed by atoms with van der Waals surface area (Å²) in [6.45, 7) is 2.90. The van der Waals surface area contributed by atoms with Gasteiger partial charge in [0.25, 0.3) is 0 Å². The standard InChI is InChI=1S/C16H18N4O2/c17-8-12-1-3-13(4-2-12)9-19-5-6-20-14(10-19)7-15(18-20)16(22)11-21/h1-4,7,16,21-22H,5-6,9-11H2/t16-/m1/s1. The van der Waals surface area contributed by atoms with E-state index >= 15 is 0 Å². The lowest BCUT2D eigenvalue weighted by Gasteiger charge is -2.27. The van der Waals surface area contributed by atoms with Gasteiger partial charge in [-0.2, -0.15) is 10.4 Å². The van der Waals surface area contributed by atoms with Crippen LogP contribution in [0.3, 0.4) is 0 Å². The Bertz CT molecular complexity index is 687. The van der Waals surface area contributed by atoms with Crippen LogP contribution in [0.15, 0.2) is 30.3 Å². The fourth-order valence-electron chi connectivity index (χ4n) is 2.68. The number of nitriles is 1. The molecule has 1 aliphatic rings. The first-order valence-corrected chi connectivity index (χ1v) is 7.26. The average Bonchev–Trinajstić information content (AvgIpc) is 2.98. The molecule has 0 fully saturated rings. The second-order valence-corrected chi connectivity index (χ2v) is 5.50. The summed E-state index contributed by atoms with van der Waals surface area (Å²) in [5.41, 5.74) is 3.41.